The molecule has 14 heavy (non-hydrogen) atoms. The van der Waals surface area contributed by atoms with Crippen molar-refractivity contribution in [1.82, 2.24) is 0 Å². The first kappa shape index (κ1) is 11.5. The first-order valence-corrected chi connectivity index (χ1v) is 5.60. The summed E-state index contributed by atoms with van der Waals surface area (Å²) in [6, 6.07) is 3.64. The zero-order chi connectivity index (χ0) is 10.7. The molecule has 0 amide bonds. The summed E-state index contributed by atoms with van der Waals surface area (Å²) in [7, 11) is 0. The van der Waals surface area contributed by atoms with Crippen molar-refractivity contribution in [3.63, 3.8) is 0 Å². The number of aliphatic carboxylic acids is 1. The van der Waals surface area contributed by atoms with E-state index in [1.54, 1.807) is 6.07 Å². The topological polar surface area (TPSA) is 37.3 Å². The van der Waals surface area contributed by atoms with Gasteiger partial charge in [0.05, 0.1) is 6.42 Å². The molecule has 0 heterocycles. The highest BCUT2D eigenvalue weighted by Gasteiger charge is 2.08. The zero-order valence-electron chi connectivity index (χ0n) is 7.68. The van der Waals surface area contributed by atoms with E-state index in [4.69, 9.17) is 16.7 Å². The van der Waals surface area contributed by atoms with E-state index in [9.17, 15) is 4.79 Å². The third-order valence-corrected chi connectivity index (χ3v) is 2.95. The average molecular weight is 278 g/mol. The van der Waals surface area contributed by atoms with Gasteiger partial charge >= 0.3 is 5.97 Å². The summed E-state index contributed by atoms with van der Waals surface area (Å²) in [5, 5.41) is 9.99. The van der Waals surface area contributed by atoms with E-state index in [-0.39, 0.29) is 6.42 Å². The van der Waals surface area contributed by atoms with Crippen molar-refractivity contribution in [3.8, 4) is 0 Å². The number of hydrogen-bond donors (Lipinski definition) is 1. The van der Waals surface area contributed by atoms with Gasteiger partial charge in [-0.3, -0.25) is 4.79 Å². The second kappa shape index (κ2) is 4.80. The van der Waals surface area contributed by atoms with Crippen LogP contribution >= 0.6 is 27.5 Å². The fourth-order valence-corrected chi connectivity index (χ4v) is 2.13. The third kappa shape index (κ3) is 2.72. The fourth-order valence-electron chi connectivity index (χ4n) is 1.22. The van der Waals surface area contributed by atoms with Gasteiger partial charge in [-0.05, 0) is 29.7 Å². The number of carboxylic acids is 1. The molecule has 0 bridgehead atoms. The predicted molar refractivity (Wildman–Crippen MR) is 60.2 cm³/mol. The second-order valence-corrected chi connectivity index (χ2v) is 4.04. The van der Waals surface area contributed by atoms with Crippen LogP contribution in [0, 0.1) is 6.92 Å². The lowest BCUT2D eigenvalue weighted by atomic mass is 10.0. The van der Waals surface area contributed by atoms with Crippen molar-refractivity contribution < 1.29 is 9.90 Å². The molecule has 0 fully saturated rings. The summed E-state index contributed by atoms with van der Waals surface area (Å²) in [4.78, 5) is 10.6. The number of hydrogen-bond acceptors (Lipinski definition) is 1. The largest absolute Gasteiger partial charge is 0.481 e. The van der Waals surface area contributed by atoms with E-state index >= 15 is 0 Å². The number of alkyl halides is 1. The first-order valence-electron chi connectivity index (χ1n) is 4.10. The Hall–Kier alpha value is -0.540. The standard InChI is InChI=1S/C10H10BrClO2/c1-6-2-9(12)8(5-11)3-7(6)4-10(13)14/h2-3H,4-5H2,1H3,(H,13,14). The second-order valence-electron chi connectivity index (χ2n) is 3.07. The van der Waals surface area contributed by atoms with Crippen molar-refractivity contribution >= 4 is 33.5 Å². The summed E-state index contributed by atoms with van der Waals surface area (Å²) in [5.41, 5.74) is 2.66. The molecule has 0 aromatic heterocycles. The smallest absolute Gasteiger partial charge is 0.307 e. The molecule has 0 spiro atoms. The maximum Gasteiger partial charge on any atom is 0.307 e. The average Bonchev–Trinajstić information content (AvgIpc) is 2.09. The van der Waals surface area contributed by atoms with Crippen LogP contribution in [0.3, 0.4) is 0 Å². The summed E-state index contributed by atoms with van der Waals surface area (Å²) >= 11 is 9.26. The van der Waals surface area contributed by atoms with Gasteiger partial charge in [-0.2, -0.15) is 0 Å². The van der Waals surface area contributed by atoms with Gasteiger partial charge < -0.3 is 5.11 Å². The Morgan fingerprint density at radius 2 is 2.14 bits per heavy atom. The summed E-state index contributed by atoms with van der Waals surface area (Å²) < 4.78 is 0. The van der Waals surface area contributed by atoms with Gasteiger partial charge in [0.2, 0.25) is 0 Å². The van der Waals surface area contributed by atoms with Crippen LogP contribution in [0.4, 0.5) is 0 Å². The molecule has 2 nitrogen and oxygen atoms in total. The van der Waals surface area contributed by atoms with E-state index in [1.165, 1.54) is 0 Å². The Labute approximate surface area is 96.0 Å². The van der Waals surface area contributed by atoms with Gasteiger partial charge in [-0.25, -0.2) is 0 Å². The van der Waals surface area contributed by atoms with Crippen LogP contribution in [0.15, 0.2) is 12.1 Å². The van der Waals surface area contributed by atoms with E-state index in [0.717, 1.165) is 16.7 Å². The highest BCUT2D eigenvalue weighted by Crippen LogP contribution is 2.23. The van der Waals surface area contributed by atoms with Crippen molar-refractivity contribution in [1.29, 1.82) is 0 Å². The quantitative estimate of drug-likeness (QED) is 0.862. The van der Waals surface area contributed by atoms with Crippen LogP contribution in [0.5, 0.6) is 0 Å². The van der Waals surface area contributed by atoms with Gasteiger partial charge in [0, 0.05) is 10.4 Å². The minimum atomic E-state index is -0.823. The monoisotopic (exact) mass is 276 g/mol. The lowest BCUT2D eigenvalue weighted by molar-refractivity contribution is -0.136. The van der Waals surface area contributed by atoms with Crippen molar-refractivity contribution in [3.05, 3.63) is 33.8 Å². The van der Waals surface area contributed by atoms with Gasteiger partial charge in [-0.1, -0.05) is 33.6 Å². The highest BCUT2D eigenvalue weighted by molar-refractivity contribution is 9.08. The molecule has 1 rings (SSSR count). The minimum Gasteiger partial charge on any atom is -0.481 e. The van der Waals surface area contributed by atoms with Crippen LogP contribution in [0.25, 0.3) is 0 Å². The molecule has 76 valence electrons. The van der Waals surface area contributed by atoms with Crippen LogP contribution in [0.2, 0.25) is 5.02 Å². The number of benzene rings is 1. The fraction of sp³-hybridized carbons (Fsp3) is 0.300. The highest BCUT2D eigenvalue weighted by atomic mass is 79.9. The Morgan fingerprint density at radius 3 is 2.64 bits per heavy atom. The summed E-state index contributed by atoms with van der Waals surface area (Å²) in [6.07, 6.45) is 0.0446. The van der Waals surface area contributed by atoms with Crippen molar-refractivity contribution in [2.24, 2.45) is 0 Å². The summed E-state index contributed by atoms with van der Waals surface area (Å²) in [6.45, 7) is 1.86. The Balaban J connectivity index is 3.10. The van der Waals surface area contributed by atoms with Gasteiger partial charge in [0.15, 0.2) is 0 Å². The molecule has 0 radical (unpaired) electrons. The number of aryl methyl sites for hydroxylation is 1. The van der Waals surface area contributed by atoms with Crippen LogP contribution in [0.1, 0.15) is 16.7 Å². The lowest BCUT2D eigenvalue weighted by Crippen LogP contribution is -2.02. The number of halogens is 2. The predicted octanol–water partition coefficient (Wildman–Crippen LogP) is 3.17. The SMILES string of the molecule is Cc1cc(Cl)c(CBr)cc1CC(=O)O. The lowest BCUT2D eigenvalue weighted by Gasteiger charge is -2.07. The molecule has 0 saturated carbocycles. The van der Waals surface area contributed by atoms with Gasteiger partial charge in [0.25, 0.3) is 0 Å². The molecule has 0 saturated heterocycles. The number of rotatable bonds is 3. The van der Waals surface area contributed by atoms with Crippen molar-refractivity contribution in [2.75, 3.05) is 0 Å². The maximum absolute atomic E-state index is 10.6. The van der Waals surface area contributed by atoms with E-state index in [1.807, 2.05) is 13.0 Å². The van der Waals surface area contributed by atoms with E-state index < -0.39 is 5.97 Å². The molecule has 1 N–H and O–H groups in total. The molecular formula is C10H10BrClO2. The Morgan fingerprint density at radius 1 is 1.50 bits per heavy atom. The van der Waals surface area contributed by atoms with Crippen LogP contribution in [-0.4, -0.2) is 11.1 Å². The van der Waals surface area contributed by atoms with E-state index in [2.05, 4.69) is 15.9 Å². The van der Waals surface area contributed by atoms with E-state index in [0.29, 0.717) is 10.4 Å². The first-order chi connectivity index (χ1) is 6.54. The maximum atomic E-state index is 10.6. The normalized spacial score (nSPS) is 10.2. The molecule has 0 aliphatic carbocycles. The molecule has 0 unspecified atom stereocenters. The summed E-state index contributed by atoms with van der Waals surface area (Å²) in [5.74, 6) is -0.823. The molecule has 4 heteroatoms. The molecule has 1 aromatic rings. The van der Waals surface area contributed by atoms with Crippen LogP contribution < -0.4 is 0 Å². The molecule has 0 aliphatic rings. The molecule has 0 atom stereocenters. The Kier molecular flexibility index (Phi) is 3.96. The Bertz CT molecular complexity index is 363. The zero-order valence-corrected chi connectivity index (χ0v) is 10.0. The molecular weight excluding hydrogens is 267 g/mol. The number of carbonyl (C=O) groups is 1. The minimum absolute atomic E-state index is 0.0446. The van der Waals surface area contributed by atoms with Crippen LogP contribution in [-0.2, 0) is 16.5 Å². The third-order valence-electron chi connectivity index (χ3n) is 1.99. The van der Waals surface area contributed by atoms with Gasteiger partial charge in [-0.15, -0.1) is 0 Å². The molecule has 1 aromatic carbocycles. The number of carboxylic acid groups (broad SMARTS) is 1. The van der Waals surface area contributed by atoms with Crippen molar-refractivity contribution in [2.45, 2.75) is 18.7 Å². The van der Waals surface area contributed by atoms with Gasteiger partial charge in [0.1, 0.15) is 0 Å². The molecule has 0 aliphatic heterocycles.